The maximum Gasteiger partial charge on any atom is 0.330 e. The Kier molecular flexibility index (Phi) is 15.8. The lowest BCUT2D eigenvalue weighted by Crippen LogP contribution is -1.92. The van der Waals surface area contributed by atoms with Crippen molar-refractivity contribution in [3.63, 3.8) is 0 Å². The van der Waals surface area contributed by atoms with Crippen LogP contribution >= 0.6 is 0 Å². The first-order valence-electron chi connectivity index (χ1n) is 4.90. The van der Waals surface area contributed by atoms with Gasteiger partial charge in [0, 0.05) is 17.7 Å². The lowest BCUT2D eigenvalue weighted by molar-refractivity contribution is -0.136. The van der Waals surface area contributed by atoms with Crippen molar-refractivity contribution in [1.82, 2.24) is 0 Å². The summed E-state index contributed by atoms with van der Waals surface area (Å²) in [7, 11) is 0. The molecule has 0 saturated heterocycles. The van der Waals surface area contributed by atoms with E-state index in [9.17, 15) is 19.2 Å². The second kappa shape index (κ2) is 14.2. The fourth-order valence-electron chi connectivity index (χ4n) is 0.266. The molecule has 0 aromatic heterocycles. The normalized spacial score (nSPS) is 8.25. The number of carboxylic acid groups (broad SMARTS) is 4. The lowest BCUT2D eigenvalue weighted by atomic mass is 10.4. The molecular formula is C12H16O8. The molecule has 0 spiro atoms. The van der Waals surface area contributed by atoms with E-state index in [4.69, 9.17) is 20.4 Å². The minimum Gasteiger partial charge on any atom is -0.481 e. The highest BCUT2D eigenvalue weighted by molar-refractivity contribution is 5.89. The summed E-state index contributed by atoms with van der Waals surface area (Å²) < 4.78 is 0. The average molecular weight is 288 g/mol. The molecule has 0 aromatic rings. The van der Waals surface area contributed by atoms with Crippen LogP contribution in [0.3, 0.4) is 0 Å². The Labute approximate surface area is 115 Å². The summed E-state index contributed by atoms with van der Waals surface area (Å²) in [6.07, 6.45) is 2.52. The van der Waals surface area contributed by atoms with E-state index < -0.39 is 23.9 Å². The number of aliphatic carboxylic acids is 4. The van der Waals surface area contributed by atoms with Crippen LogP contribution in [0.1, 0.15) is 13.3 Å². The minimum atomic E-state index is -1.26. The molecule has 0 atom stereocenters. The summed E-state index contributed by atoms with van der Waals surface area (Å²) >= 11 is 0. The molecule has 0 amide bonds. The lowest BCUT2D eigenvalue weighted by Gasteiger charge is -1.79. The van der Waals surface area contributed by atoms with Crippen molar-refractivity contribution in [2.45, 2.75) is 13.3 Å². The Hall–Kier alpha value is -2.90. The van der Waals surface area contributed by atoms with Crippen LogP contribution < -0.4 is 0 Å². The molecule has 0 heterocycles. The smallest absolute Gasteiger partial charge is 0.330 e. The van der Waals surface area contributed by atoms with Gasteiger partial charge in [-0.25, -0.2) is 14.4 Å². The molecule has 0 rings (SSSR count). The molecule has 8 nitrogen and oxygen atoms in total. The van der Waals surface area contributed by atoms with Gasteiger partial charge in [-0.3, -0.25) is 4.79 Å². The van der Waals surface area contributed by atoms with Gasteiger partial charge in [-0.15, -0.1) is 6.58 Å². The molecule has 0 radical (unpaired) electrons. The minimum absolute atomic E-state index is 0.0556. The summed E-state index contributed by atoms with van der Waals surface area (Å²) in [4.78, 5) is 38.2. The van der Waals surface area contributed by atoms with Crippen LogP contribution in [0, 0.1) is 0 Å². The van der Waals surface area contributed by atoms with E-state index in [0.29, 0.717) is 12.2 Å². The van der Waals surface area contributed by atoms with Gasteiger partial charge in [0.25, 0.3) is 0 Å². The molecule has 0 aromatic carbocycles. The third kappa shape index (κ3) is 36.3. The van der Waals surface area contributed by atoms with Crippen LogP contribution in [0.4, 0.5) is 0 Å². The van der Waals surface area contributed by atoms with E-state index in [1.54, 1.807) is 0 Å². The van der Waals surface area contributed by atoms with E-state index in [1.807, 2.05) is 0 Å². The first kappa shape index (κ1) is 22.3. The van der Waals surface area contributed by atoms with E-state index in [-0.39, 0.29) is 12.0 Å². The molecule has 112 valence electrons. The maximum atomic E-state index is 9.60. The van der Waals surface area contributed by atoms with E-state index in [1.165, 1.54) is 13.0 Å². The predicted molar refractivity (Wildman–Crippen MR) is 69.3 cm³/mol. The Morgan fingerprint density at radius 3 is 1.30 bits per heavy atom. The van der Waals surface area contributed by atoms with Crippen LogP contribution in [0.15, 0.2) is 37.0 Å². The second-order valence-electron chi connectivity index (χ2n) is 2.98. The predicted octanol–water partition coefficient (Wildman–Crippen LogP) is 1.01. The van der Waals surface area contributed by atoms with Crippen LogP contribution in [0.2, 0.25) is 0 Å². The molecule has 0 fully saturated rings. The molecule has 0 aliphatic heterocycles. The molecule has 0 saturated carbocycles. The van der Waals surface area contributed by atoms with Crippen LogP contribution in [0.5, 0.6) is 0 Å². The first-order chi connectivity index (χ1) is 9.04. The van der Waals surface area contributed by atoms with Gasteiger partial charge in [0.15, 0.2) is 0 Å². The fraction of sp³-hybridized carbons (Fsp3) is 0.167. The Balaban J connectivity index is -0.000000221. The fourth-order valence-corrected chi connectivity index (χ4v) is 0.266. The quantitative estimate of drug-likeness (QED) is 0.432. The van der Waals surface area contributed by atoms with Gasteiger partial charge >= 0.3 is 23.9 Å². The third-order valence-electron chi connectivity index (χ3n) is 1.05. The number of carbonyl (C=O) groups is 4. The molecule has 4 N–H and O–H groups in total. The highest BCUT2D eigenvalue weighted by atomic mass is 16.4. The monoisotopic (exact) mass is 288 g/mol. The zero-order chi connectivity index (χ0) is 16.7. The van der Waals surface area contributed by atoms with E-state index >= 15 is 0 Å². The van der Waals surface area contributed by atoms with Gasteiger partial charge < -0.3 is 20.4 Å². The van der Waals surface area contributed by atoms with Gasteiger partial charge in [-0.1, -0.05) is 12.7 Å². The van der Waals surface area contributed by atoms with E-state index in [0.717, 1.165) is 0 Å². The largest absolute Gasteiger partial charge is 0.481 e. The van der Waals surface area contributed by atoms with Crippen molar-refractivity contribution in [2.75, 3.05) is 0 Å². The molecule has 20 heavy (non-hydrogen) atoms. The number of rotatable bonds is 5. The van der Waals surface area contributed by atoms with Crippen LogP contribution in [-0.4, -0.2) is 44.3 Å². The zero-order valence-electron chi connectivity index (χ0n) is 10.8. The van der Waals surface area contributed by atoms with Crippen molar-refractivity contribution in [2.24, 2.45) is 0 Å². The Morgan fingerprint density at radius 2 is 1.25 bits per heavy atom. The molecule has 0 unspecified atom stereocenters. The van der Waals surface area contributed by atoms with Gasteiger partial charge in [0.1, 0.15) is 0 Å². The summed E-state index contributed by atoms with van der Waals surface area (Å²) in [5.41, 5.74) is 0.176. The Bertz CT molecular complexity index is 378. The zero-order valence-corrected chi connectivity index (χ0v) is 10.8. The van der Waals surface area contributed by atoms with Crippen molar-refractivity contribution in [3.8, 4) is 0 Å². The molecule has 8 heteroatoms. The first-order valence-corrected chi connectivity index (χ1v) is 4.90. The summed E-state index contributed by atoms with van der Waals surface area (Å²) in [5.74, 6) is -4.28. The topological polar surface area (TPSA) is 149 Å². The van der Waals surface area contributed by atoms with Crippen molar-refractivity contribution < 1.29 is 39.6 Å². The molecule has 0 aliphatic rings. The third-order valence-corrected chi connectivity index (χ3v) is 1.05. The van der Waals surface area contributed by atoms with Gasteiger partial charge in [0.2, 0.25) is 0 Å². The van der Waals surface area contributed by atoms with Crippen LogP contribution in [0.25, 0.3) is 0 Å². The SMILES string of the molecule is C=C(C)C(=O)O.C=CCC(=O)O.O=C(O)/C=C\C(=O)O. The molecular weight excluding hydrogens is 272 g/mol. The summed E-state index contributed by atoms with van der Waals surface area (Å²) in [6, 6.07) is 0. The van der Waals surface area contributed by atoms with Gasteiger partial charge in [-0.2, -0.15) is 0 Å². The van der Waals surface area contributed by atoms with Crippen molar-refractivity contribution in [3.05, 3.63) is 37.0 Å². The average Bonchev–Trinajstić information content (AvgIpc) is 2.27. The highest BCUT2D eigenvalue weighted by Gasteiger charge is 1.90. The molecule has 0 aliphatic carbocycles. The number of carboxylic acids is 4. The van der Waals surface area contributed by atoms with Gasteiger partial charge in [0.05, 0.1) is 6.42 Å². The number of hydrogen-bond donors (Lipinski definition) is 4. The van der Waals surface area contributed by atoms with Crippen molar-refractivity contribution >= 4 is 23.9 Å². The standard InChI is InChI=1S/C4H4O4.2C4H6O2/c5-3(6)1-2-4(7)8;1-3(2)4(5)6;1-2-3-4(5)6/h1-2H,(H,5,6)(H,7,8);1H2,2H3,(H,5,6);2H,1,3H2,(H,5,6)/b2-1-;;. The number of hydrogen-bond acceptors (Lipinski definition) is 4. The second-order valence-corrected chi connectivity index (χ2v) is 2.98. The summed E-state index contributed by atoms with van der Waals surface area (Å²) in [5, 5.41) is 31.4. The van der Waals surface area contributed by atoms with Gasteiger partial charge in [-0.05, 0) is 6.92 Å². The molecule has 0 bridgehead atoms. The van der Waals surface area contributed by atoms with E-state index in [2.05, 4.69) is 13.2 Å². The Morgan fingerprint density at radius 1 is 0.950 bits per heavy atom. The van der Waals surface area contributed by atoms with Crippen LogP contribution in [-0.2, 0) is 19.2 Å². The summed E-state index contributed by atoms with van der Waals surface area (Å²) in [6.45, 7) is 7.82. The maximum absolute atomic E-state index is 9.60. The van der Waals surface area contributed by atoms with Crippen molar-refractivity contribution in [1.29, 1.82) is 0 Å². The highest BCUT2D eigenvalue weighted by Crippen LogP contribution is 1.81.